The minimum absolute atomic E-state index is 0.181. The normalized spacial score (nSPS) is 11.6. The molecule has 160 valence electrons. The smallest absolute Gasteiger partial charge is 0.267 e. The number of aryl methyl sites for hydroxylation is 2. The van der Waals surface area contributed by atoms with Gasteiger partial charge in [0.05, 0.1) is 5.69 Å². The van der Waals surface area contributed by atoms with Crippen LogP contribution in [0.25, 0.3) is 11.3 Å². The predicted molar refractivity (Wildman–Crippen MR) is 123 cm³/mol. The number of carbonyl (C=O) groups is 2. The first kappa shape index (κ1) is 22.2. The summed E-state index contributed by atoms with van der Waals surface area (Å²) in [5.74, 6) is -0.575. The molecule has 7 nitrogen and oxygen atoms in total. The zero-order valence-corrected chi connectivity index (χ0v) is 18.4. The molecular formula is C23H23ClN4O3. The Morgan fingerprint density at radius 3 is 2.39 bits per heavy atom. The van der Waals surface area contributed by atoms with Crippen molar-refractivity contribution in [1.29, 1.82) is 0 Å². The molecule has 1 heterocycles. The summed E-state index contributed by atoms with van der Waals surface area (Å²) >= 11 is 6.12. The lowest BCUT2D eigenvalue weighted by molar-refractivity contribution is -0.119. The van der Waals surface area contributed by atoms with E-state index in [1.54, 1.807) is 37.3 Å². The van der Waals surface area contributed by atoms with E-state index in [2.05, 4.69) is 15.7 Å². The van der Waals surface area contributed by atoms with Gasteiger partial charge in [-0.1, -0.05) is 29.8 Å². The summed E-state index contributed by atoms with van der Waals surface area (Å²) in [6, 6.07) is 12.8. The van der Waals surface area contributed by atoms with Crippen molar-refractivity contribution < 1.29 is 9.59 Å². The average molecular weight is 439 g/mol. The Balaban J connectivity index is 1.90. The summed E-state index contributed by atoms with van der Waals surface area (Å²) in [5, 5.41) is 10.5. The summed E-state index contributed by atoms with van der Waals surface area (Å²) in [5.41, 5.74) is 3.81. The van der Waals surface area contributed by atoms with Crippen molar-refractivity contribution in [2.24, 2.45) is 0 Å². The van der Waals surface area contributed by atoms with Gasteiger partial charge in [-0.25, -0.2) is 4.68 Å². The summed E-state index contributed by atoms with van der Waals surface area (Å²) in [6.45, 7) is 6.79. The monoisotopic (exact) mass is 438 g/mol. The molecule has 2 N–H and O–H groups in total. The standard InChI is InChI=1S/C23H23ClN4O3/c1-13-6-8-18(12-19(13)24)26-23(31)15(3)28-22(30)10-9-20(27-28)17-7-5-14(2)21(11-17)25-16(4)29/h5-12,15H,1-4H3,(H,25,29)(H,26,31). The van der Waals surface area contributed by atoms with Crippen LogP contribution in [-0.2, 0) is 9.59 Å². The highest BCUT2D eigenvalue weighted by atomic mass is 35.5. The van der Waals surface area contributed by atoms with Crippen LogP contribution in [0, 0.1) is 13.8 Å². The quantitative estimate of drug-likeness (QED) is 0.619. The van der Waals surface area contributed by atoms with E-state index in [1.807, 2.05) is 26.0 Å². The number of benzene rings is 2. The number of nitrogens with one attached hydrogen (secondary N) is 2. The minimum atomic E-state index is -0.854. The summed E-state index contributed by atoms with van der Waals surface area (Å²) in [7, 11) is 0. The molecule has 0 fully saturated rings. The number of hydrogen-bond donors (Lipinski definition) is 2. The second kappa shape index (κ2) is 9.14. The average Bonchev–Trinajstić information content (AvgIpc) is 2.72. The SMILES string of the molecule is CC(=O)Nc1cc(-c2ccc(=O)n(C(C)C(=O)Nc3ccc(C)c(Cl)c3)n2)ccc1C. The van der Waals surface area contributed by atoms with Gasteiger partial charge in [0.25, 0.3) is 5.56 Å². The molecule has 3 aromatic rings. The highest BCUT2D eigenvalue weighted by molar-refractivity contribution is 6.31. The van der Waals surface area contributed by atoms with Gasteiger partial charge in [-0.2, -0.15) is 5.10 Å². The number of nitrogens with zero attached hydrogens (tertiary/aromatic N) is 2. The molecule has 0 spiro atoms. The third-order valence-corrected chi connectivity index (χ3v) is 5.26. The number of halogens is 1. The molecule has 8 heteroatoms. The number of rotatable bonds is 5. The number of carbonyl (C=O) groups excluding carboxylic acids is 2. The summed E-state index contributed by atoms with van der Waals surface area (Å²) in [4.78, 5) is 36.6. The molecule has 0 saturated carbocycles. The summed E-state index contributed by atoms with van der Waals surface area (Å²) in [6.07, 6.45) is 0. The van der Waals surface area contributed by atoms with Crippen molar-refractivity contribution >= 4 is 34.8 Å². The van der Waals surface area contributed by atoms with Crippen LogP contribution in [0.1, 0.15) is 31.0 Å². The zero-order chi connectivity index (χ0) is 22.7. The van der Waals surface area contributed by atoms with Crippen molar-refractivity contribution in [3.63, 3.8) is 0 Å². The van der Waals surface area contributed by atoms with Gasteiger partial charge in [-0.15, -0.1) is 0 Å². The molecule has 0 aliphatic carbocycles. The fourth-order valence-electron chi connectivity index (χ4n) is 2.99. The number of aromatic nitrogens is 2. The maximum Gasteiger partial charge on any atom is 0.267 e. The van der Waals surface area contributed by atoms with Gasteiger partial charge >= 0.3 is 0 Å². The van der Waals surface area contributed by atoms with Crippen LogP contribution in [0.2, 0.25) is 5.02 Å². The highest BCUT2D eigenvalue weighted by Crippen LogP contribution is 2.24. The Labute approximate surface area is 185 Å². The van der Waals surface area contributed by atoms with Crippen molar-refractivity contribution in [3.05, 3.63) is 75.0 Å². The second-order valence-corrected chi connectivity index (χ2v) is 7.75. The van der Waals surface area contributed by atoms with Crippen molar-refractivity contribution in [1.82, 2.24) is 9.78 Å². The van der Waals surface area contributed by atoms with Crippen LogP contribution in [0.15, 0.2) is 53.3 Å². The fraction of sp³-hybridized carbons (Fsp3) is 0.217. The van der Waals surface area contributed by atoms with Crippen LogP contribution < -0.4 is 16.2 Å². The van der Waals surface area contributed by atoms with Gasteiger partial charge in [0.2, 0.25) is 11.8 Å². The van der Waals surface area contributed by atoms with E-state index < -0.39 is 17.5 Å². The Kier molecular flexibility index (Phi) is 6.56. The van der Waals surface area contributed by atoms with E-state index in [0.717, 1.165) is 15.8 Å². The van der Waals surface area contributed by atoms with E-state index in [4.69, 9.17) is 11.6 Å². The van der Waals surface area contributed by atoms with Crippen LogP contribution in [-0.4, -0.2) is 21.6 Å². The Bertz CT molecular complexity index is 1220. The lowest BCUT2D eigenvalue weighted by Crippen LogP contribution is -2.33. The topological polar surface area (TPSA) is 93.1 Å². The molecule has 1 aromatic heterocycles. The molecule has 0 aliphatic heterocycles. The van der Waals surface area contributed by atoms with E-state index in [9.17, 15) is 14.4 Å². The second-order valence-electron chi connectivity index (χ2n) is 7.34. The number of anilines is 2. The first-order valence-corrected chi connectivity index (χ1v) is 10.1. The zero-order valence-electron chi connectivity index (χ0n) is 17.7. The molecule has 0 bridgehead atoms. The lowest BCUT2D eigenvalue weighted by atomic mass is 10.1. The number of hydrogen-bond acceptors (Lipinski definition) is 4. The van der Waals surface area contributed by atoms with Gasteiger partial charge in [-0.3, -0.25) is 14.4 Å². The van der Waals surface area contributed by atoms with Gasteiger partial charge in [-0.05, 0) is 56.2 Å². The largest absolute Gasteiger partial charge is 0.326 e. The van der Waals surface area contributed by atoms with Crippen LogP contribution >= 0.6 is 11.6 Å². The highest BCUT2D eigenvalue weighted by Gasteiger charge is 2.19. The fourth-order valence-corrected chi connectivity index (χ4v) is 3.17. The third kappa shape index (κ3) is 5.19. The van der Waals surface area contributed by atoms with E-state index in [-0.39, 0.29) is 5.91 Å². The molecule has 1 unspecified atom stereocenters. The molecule has 0 saturated heterocycles. The summed E-state index contributed by atoms with van der Waals surface area (Å²) < 4.78 is 1.14. The van der Waals surface area contributed by atoms with Gasteiger partial charge < -0.3 is 10.6 Å². The molecule has 0 radical (unpaired) electrons. The minimum Gasteiger partial charge on any atom is -0.326 e. The molecule has 0 aliphatic rings. The lowest BCUT2D eigenvalue weighted by Gasteiger charge is -2.16. The predicted octanol–water partition coefficient (Wildman–Crippen LogP) is 4.34. The van der Waals surface area contributed by atoms with E-state index in [0.29, 0.717) is 27.7 Å². The van der Waals surface area contributed by atoms with Gasteiger partial charge in [0.15, 0.2) is 0 Å². The number of amides is 2. The maximum atomic E-state index is 12.7. The third-order valence-electron chi connectivity index (χ3n) is 4.85. The Hall–Kier alpha value is -3.45. The maximum absolute atomic E-state index is 12.7. The molecule has 2 aromatic carbocycles. The van der Waals surface area contributed by atoms with Crippen LogP contribution in [0.5, 0.6) is 0 Å². The molecule has 2 amide bonds. The van der Waals surface area contributed by atoms with E-state index >= 15 is 0 Å². The van der Waals surface area contributed by atoms with Gasteiger partial charge in [0.1, 0.15) is 6.04 Å². The van der Waals surface area contributed by atoms with Crippen molar-refractivity contribution in [2.45, 2.75) is 33.7 Å². The van der Waals surface area contributed by atoms with Crippen molar-refractivity contribution in [3.8, 4) is 11.3 Å². The first-order valence-electron chi connectivity index (χ1n) is 9.71. The molecular weight excluding hydrogens is 416 g/mol. The Morgan fingerprint density at radius 2 is 1.71 bits per heavy atom. The van der Waals surface area contributed by atoms with Gasteiger partial charge in [0, 0.05) is 35.0 Å². The van der Waals surface area contributed by atoms with E-state index in [1.165, 1.54) is 13.0 Å². The first-order chi connectivity index (χ1) is 14.7. The molecule has 3 rings (SSSR count). The molecule has 1 atom stereocenters. The molecule has 31 heavy (non-hydrogen) atoms. The van der Waals surface area contributed by atoms with Crippen LogP contribution in [0.4, 0.5) is 11.4 Å². The van der Waals surface area contributed by atoms with Crippen molar-refractivity contribution in [2.75, 3.05) is 10.6 Å². The Morgan fingerprint density at radius 1 is 1.00 bits per heavy atom. The van der Waals surface area contributed by atoms with Crippen LogP contribution in [0.3, 0.4) is 0 Å².